The van der Waals surface area contributed by atoms with E-state index in [0.29, 0.717) is 0 Å². The summed E-state index contributed by atoms with van der Waals surface area (Å²) in [5, 5.41) is 7.19. The molecule has 2 heterocycles. The zero-order valence-electron chi connectivity index (χ0n) is 31.7. The Bertz CT molecular complexity index is 2460. The SMILES string of the molecule is [2H]C([2H])(c1cc(-c2[c-]cc3c4ccccc4c4ccc(-c5ccccc5)cc4c3c2)nc[c]1[Ge]([CH3])([CH3])[CH3])C(C)C.[Ir].[c-]1ccccc1-c1ccccn1. The van der Waals surface area contributed by atoms with E-state index in [1.165, 1.54) is 32.7 Å². The Morgan fingerprint density at radius 1 is 0.608 bits per heavy atom. The Morgan fingerprint density at radius 2 is 1.29 bits per heavy atom. The Balaban J connectivity index is 0.000000313. The summed E-state index contributed by atoms with van der Waals surface area (Å²) in [7, 11) is 0. The van der Waals surface area contributed by atoms with Crippen LogP contribution in [0.3, 0.4) is 0 Å². The molecule has 255 valence electrons. The van der Waals surface area contributed by atoms with Crippen LogP contribution in [-0.4, -0.2) is 23.2 Å². The molecule has 0 N–H and O–H groups in total. The zero-order chi connectivity index (χ0) is 36.5. The van der Waals surface area contributed by atoms with E-state index < -0.39 is 19.6 Å². The van der Waals surface area contributed by atoms with E-state index in [1.54, 1.807) is 6.20 Å². The predicted octanol–water partition coefficient (Wildman–Crippen LogP) is 12.0. The summed E-state index contributed by atoms with van der Waals surface area (Å²) in [5.74, 6) is 6.78. The number of rotatable bonds is 6. The minimum absolute atomic E-state index is 0. The van der Waals surface area contributed by atoms with Crippen molar-refractivity contribution < 1.29 is 22.8 Å². The van der Waals surface area contributed by atoms with E-state index in [0.717, 1.165) is 43.2 Å². The molecule has 0 spiro atoms. The third-order valence-corrected chi connectivity index (χ3v) is 13.2. The van der Waals surface area contributed by atoms with Crippen molar-refractivity contribution in [1.82, 2.24) is 9.97 Å². The molecule has 0 unspecified atom stereocenters. The van der Waals surface area contributed by atoms with E-state index in [-0.39, 0.29) is 26.0 Å². The van der Waals surface area contributed by atoms with Crippen LogP contribution in [0.15, 0.2) is 146 Å². The first-order valence-corrected chi connectivity index (χ1v) is 24.6. The summed E-state index contributed by atoms with van der Waals surface area (Å²) in [6, 6.07) is 52.5. The molecule has 8 aromatic rings. The Kier molecular flexibility index (Phi) is 10.5. The van der Waals surface area contributed by atoms with Crippen molar-refractivity contribution in [2.24, 2.45) is 5.92 Å². The number of fused-ring (bicyclic) bond motifs is 6. The molecule has 1 radical (unpaired) electrons. The summed E-state index contributed by atoms with van der Waals surface area (Å²) >= 11 is -2.38. The van der Waals surface area contributed by atoms with Gasteiger partial charge in [0.1, 0.15) is 0 Å². The Morgan fingerprint density at radius 3 is 1.98 bits per heavy atom. The van der Waals surface area contributed by atoms with Crippen molar-refractivity contribution in [3.05, 3.63) is 164 Å². The van der Waals surface area contributed by atoms with Gasteiger partial charge in [-0.25, -0.2) is 0 Å². The van der Waals surface area contributed by atoms with Crippen LogP contribution in [0.1, 0.15) is 22.2 Å². The van der Waals surface area contributed by atoms with Crippen LogP contribution >= 0.6 is 0 Å². The maximum Gasteiger partial charge on any atom is 0.0160 e. The second kappa shape index (κ2) is 15.9. The van der Waals surface area contributed by atoms with Gasteiger partial charge in [-0.1, -0.05) is 30.3 Å². The molecule has 0 aliphatic rings. The second-order valence-electron chi connectivity index (χ2n) is 14.0. The largest absolute Gasteiger partial charge is 0.305 e. The van der Waals surface area contributed by atoms with E-state index in [2.05, 4.69) is 113 Å². The van der Waals surface area contributed by atoms with Crippen molar-refractivity contribution in [3.8, 4) is 33.6 Å². The molecule has 0 fully saturated rings. The normalized spacial score (nSPS) is 12.2. The third-order valence-electron chi connectivity index (χ3n) is 8.96. The van der Waals surface area contributed by atoms with Gasteiger partial charge >= 0.3 is 214 Å². The molecule has 0 aliphatic carbocycles. The summed E-state index contributed by atoms with van der Waals surface area (Å²) in [6.07, 6.45) is 2.31. The topological polar surface area (TPSA) is 25.8 Å². The van der Waals surface area contributed by atoms with E-state index in [4.69, 9.17) is 7.73 Å². The molecule has 0 saturated carbocycles. The molecule has 0 aliphatic heterocycles. The first-order chi connectivity index (χ1) is 25.0. The van der Waals surface area contributed by atoms with Crippen LogP contribution < -0.4 is 4.40 Å². The number of benzene rings is 6. The summed E-state index contributed by atoms with van der Waals surface area (Å²) in [5.41, 5.74) is 6.85. The van der Waals surface area contributed by atoms with Crippen LogP contribution in [0.5, 0.6) is 0 Å². The maximum atomic E-state index is 9.00. The van der Waals surface area contributed by atoms with Crippen molar-refractivity contribution in [2.45, 2.75) is 37.5 Å². The fourth-order valence-electron chi connectivity index (χ4n) is 6.56. The summed E-state index contributed by atoms with van der Waals surface area (Å²) in [4.78, 5) is 9.13. The van der Waals surface area contributed by atoms with Gasteiger partial charge in [0.2, 0.25) is 0 Å². The minimum atomic E-state index is -2.38. The standard InChI is InChI=1S/C36H34GeN.C11H8N.Ir/c1-24(2)19-28-22-36(38-23-35(28)37(3,4)5)27-16-18-32-30-14-10-9-13-29(30)31-17-15-26(20-33(31)34(32)21-27)25-11-7-6-8-12-25;1-2-6-10(7-3-1)11-8-4-5-9-12-11;/h6-15,17-18,20-24H,19H2,1-5H3;1-6,8-9H;/q2*-1;/i19D2;;. The molecule has 0 atom stereocenters. The quantitative estimate of drug-likeness (QED) is 0.0944. The van der Waals surface area contributed by atoms with Gasteiger partial charge in [-0.05, 0) is 11.8 Å². The first-order valence-electron chi connectivity index (χ1n) is 18.3. The van der Waals surface area contributed by atoms with E-state index >= 15 is 0 Å². The molecule has 51 heavy (non-hydrogen) atoms. The zero-order valence-corrected chi connectivity index (χ0v) is 34.2. The van der Waals surface area contributed by atoms with Gasteiger partial charge < -0.3 is 4.98 Å². The van der Waals surface area contributed by atoms with Crippen molar-refractivity contribution in [2.75, 3.05) is 0 Å². The van der Waals surface area contributed by atoms with E-state index in [1.807, 2.05) is 74.6 Å². The van der Waals surface area contributed by atoms with Gasteiger partial charge in [-0.15, -0.1) is 35.9 Å². The van der Waals surface area contributed by atoms with Crippen LogP contribution in [0.2, 0.25) is 17.3 Å². The molecular formula is C47H42GeIrN2-2. The molecule has 0 amide bonds. The van der Waals surface area contributed by atoms with Crippen molar-refractivity contribution in [1.29, 1.82) is 0 Å². The van der Waals surface area contributed by atoms with Gasteiger partial charge in [0.15, 0.2) is 0 Å². The maximum absolute atomic E-state index is 9.00. The molecular weight excluding hydrogens is 857 g/mol. The molecule has 2 nitrogen and oxygen atoms in total. The fraction of sp³-hybridized carbons (Fsp3) is 0.149. The Hall–Kier alpha value is -4.41. The minimum Gasteiger partial charge on any atom is -0.305 e. The van der Waals surface area contributed by atoms with Gasteiger partial charge in [-0.2, -0.15) is 0 Å². The number of pyridine rings is 2. The third kappa shape index (κ3) is 8.07. The van der Waals surface area contributed by atoms with Crippen LogP contribution in [0, 0.1) is 18.1 Å². The summed E-state index contributed by atoms with van der Waals surface area (Å²) < 4.78 is 19.1. The Labute approximate surface area is 321 Å². The monoisotopic (exact) mass is 903 g/mol. The van der Waals surface area contributed by atoms with Crippen LogP contribution in [-0.2, 0) is 26.5 Å². The number of nitrogens with zero attached hydrogens (tertiary/aromatic N) is 2. The smallest absolute Gasteiger partial charge is 0.0160 e. The first kappa shape index (κ1) is 33.7. The molecule has 0 bridgehead atoms. The predicted molar refractivity (Wildman–Crippen MR) is 216 cm³/mol. The van der Waals surface area contributed by atoms with Gasteiger partial charge in [-0.3, -0.25) is 0 Å². The number of hydrogen-bond donors (Lipinski definition) is 0. The fourth-order valence-corrected chi connectivity index (χ4v) is 9.50. The average Bonchev–Trinajstić information content (AvgIpc) is 3.18. The molecule has 2 aromatic heterocycles. The van der Waals surface area contributed by atoms with Gasteiger partial charge in [0.05, 0.1) is 0 Å². The number of aromatic nitrogens is 2. The van der Waals surface area contributed by atoms with Crippen molar-refractivity contribution in [3.63, 3.8) is 0 Å². The van der Waals surface area contributed by atoms with Gasteiger partial charge in [0, 0.05) is 26.3 Å². The summed E-state index contributed by atoms with van der Waals surface area (Å²) in [6.45, 7) is 3.92. The van der Waals surface area contributed by atoms with Crippen LogP contribution in [0.25, 0.3) is 66.0 Å². The molecule has 4 heteroatoms. The molecule has 0 saturated heterocycles. The van der Waals surface area contributed by atoms with Crippen molar-refractivity contribution >= 4 is 50.0 Å². The second-order valence-corrected chi connectivity index (χ2v) is 24.6. The van der Waals surface area contributed by atoms with Gasteiger partial charge in [0.25, 0.3) is 0 Å². The van der Waals surface area contributed by atoms with E-state index in [9.17, 15) is 0 Å². The molecule has 8 rings (SSSR count). The number of hydrogen-bond acceptors (Lipinski definition) is 2. The molecule has 6 aromatic carbocycles. The van der Waals surface area contributed by atoms with Crippen LogP contribution in [0.4, 0.5) is 0 Å². The average molecular weight is 902 g/mol.